The van der Waals surface area contributed by atoms with Crippen LogP contribution in [0.15, 0.2) is 77.9 Å². The molecule has 0 aliphatic carbocycles. The van der Waals surface area contributed by atoms with Crippen LogP contribution < -0.4 is 16.2 Å². The summed E-state index contributed by atoms with van der Waals surface area (Å²) >= 11 is 0. The van der Waals surface area contributed by atoms with E-state index in [9.17, 15) is 9.59 Å². The van der Waals surface area contributed by atoms with Crippen molar-refractivity contribution in [2.24, 2.45) is 0 Å². The van der Waals surface area contributed by atoms with Gasteiger partial charge in [0, 0.05) is 25.7 Å². The lowest BCUT2D eigenvalue weighted by atomic mass is 10.2. The van der Waals surface area contributed by atoms with Gasteiger partial charge in [-0.15, -0.1) is 0 Å². The lowest BCUT2D eigenvalue weighted by molar-refractivity contribution is -0.127. The normalized spacial score (nSPS) is 15.7. The molecule has 0 bridgehead atoms. The first-order valence-corrected chi connectivity index (χ1v) is 12.6. The summed E-state index contributed by atoms with van der Waals surface area (Å²) in [5, 5.41) is 0. The fourth-order valence-electron chi connectivity index (χ4n) is 4.78. The van der Waals surface area contributed by atoms with E-state index in [1.54, 1.807) is 34.9 Å². The molecule has 5 rings (SSSR count). The lowest BCUT2D eigenvalue weighted by Crippen LogP contribution is -2.39. The van der Waals surface area contributed by atoms with Crippen LogP contribution in [-0.2, 0) is 11.3 Å². The second-order valence-electron chi connectivity index (χ2n) is 9.56. The SMILES string of the molecule is CN(C)C/C=C/C(=O)N1CCCC1Cn1c(=O)n(-c2ccc(Oc3ccccc3)cc2)c2c(N)ncnc21. The number of likely N-dealkylation sites (tertiary alicyclic amines) is 1. The molecule has 2 aromatic heterocycles. The molecular formula is C28H31N7O3. The Labute approximate surface area is 220 Å². The highest BCUT2D eigenvalue weighted by molar-refractivity contribution is 5.88. The van der Waals surface area contributed by atoms with Crippen LogP contribution >= 0.6 is 0 Å². The number of amides is 1. The Morgan fingerprint density at radius 2 is 1.84 bits per heavy atom. The van der Waals surface area contributed by atoms with Gasteiger partial charge in [0.1, 0.15) is 23.3 Å². The van der Waals surface area contributed by atoms with E-state index in [1.165, 1.54) is 10.9 Å². The number of hydrogen-bond donors (Lipinski definition) is 1. The average Bonchev–Trinajstić information content (AvgIpc) is 3.49. The van der Waals surface area contributed by atoms with E-state index >= 15 is 0 Å². The van der Waals surface area contributed by atoms with Crippen molar-refractivity contribution in [1.82, 2.24) is 28.9 Å². The zero-order valence-corrected chi connectivity index (χ0v) is 21.5. The van der Waals surface area contributed by atoms with Crippen molar-refractivity contribution in [1.29, 1.82) is 0 Å². The number of aromatic nitrogens is 4. The molecule has 10 nitrogen and oxygen atoms in total. The summed E-state index contributed by atoms with van der Waals surface area (Å²) in [5.74, 6) is 1.53. The van der Waals surface area contributed by atoms with Gasteiger partial charge in [-0.05, 0) is 63.3 Å². The predicted molar refractivity (Wildman–Crippen MR) is 146 cm³/mol. The first kappa shape index (κ1) is 25.2. The smallest absolute Gasteiger partial charge is 0.335 e. The quantitative estimate of drug-likeness (QED) is 0.361. The van der Waals surface area contributed by atoms with Crippen molar-refractivity contribution in [3.05, 3.63) is 83.6 Å². The van der Waals surface area contributed by atoms with Crippen molar-refractivity contribution in [3.8, 4) is 17.2 Å². The topological polar surface area (TPSA) is 112 Å². The molecule has 0 spiro atoms. The van der Waals surface area contributed by atoms with Crippen molar-refractivity contribution in [2.45, 2.75) is 25.4 Å². The number of fused-ring (bicyclic) bond motifs is 1. The Balaban J connectivity index is 1.45. The molecule has 38 heavy (non-hydrogen) atoms. The van der Waals surface area contributed by atoms with E-state index in [1.807, 2.05) is 60.3 Å². The molecule has 10 heteroatoms. The fourth-order valence-corrected chi connectivity index (χ4v) is 4.78. The standard InChI is InChI=1S/C28H31N7O3/c1-32(2)16-7-11-24(36)33-17-6-8-21(33)18-34-27-25(26(29)30-19-31-27)35(28(34)37)20-12-14-23(15-13-20)38-22-9-4-3-5-10-22/h3-5,7,9-15,19,21H,6,8,16-18H2,1-2H3,(H2,29,30,31)/b11-7+. The number of rotatable bonds is 8. The first-order valence-electron chi connectivity index (χ1n) is 12.6. The molecule has 1 fully saturated rings. The van der Waals surface area contributed by atoms with Gasteiger partial charge in [0.05, 0.1) is 11.7 Å². The zero-order valence-electron chi connectivity index (χ0n) is 21.5. The maximum atomic E-state index is 13.8. The van der Waals surface area contributed by atoms with E-state index in [0.29, 0.717) is 42.2 Å². The highest BCUT2D eigenvalue weighted by Crippen LogP contribution is 2.26. The number of ether oxygens (including phenoxy) is 1. The van der Waals surface area contributed by atoms with Crippen LogP contribution in [0.1, 0.15) is 12.8 Å². The number of nitrogen functional groups attached to an aromatic ring is 1. The molecule has 0 saturated carbocycles. The minimum absolute atomic E-state index is 0.0470. The number of nitrogens with zero attached hydrogens (tertiary/aromatic N) is 6. The molecule has 1 atom stereocenters. The molecule has 2 aromatic carbocycles. The van der Waals surface area contributed by atoms with Crippen LogP contribution in [0.5, 0.6) is 11.5 Å². The van der Waals surface area contributed by atoms with Crippen molar-refractivity contribution < 1.29 is 9.53 Å². The predicted octanol–water partition coefficient (Wildman–Crippen LogP) is 3.07. The van der Waals surface area contributed by atoms with Crippen LogP contribution in [-0.4, -0.2) is 68.0 Å². The summed E-state index contributed by atoms with van der Waals surface area (Å²) < 4.78 is 9.01. The maximum absolute atomic E-state index is 13.8. The summed E-state index contributed by atoms with van der Waals surface area (Å²) in [5.41, 5.74) is 7.46. The van der Waals surface area contributed by atoms with E-state index in [-0.39, 0.29) is 23.5 Å². The third-order valence-electron chi connectivity index (χ3n) is 6.59. The zero-order chi connectivity index (χ0) is 26.6. The number of anilines is 1. The molecular weight excluding hydrogens is 482 g/mol. The molecule has 3 heterocycles. The minimum atomic E-state index is -0.286. The van der Waals surface area contributed by atoms with Gasteiger partial charge in [-0.3, -0.25) is 13.9 Å². The highest BCUT2D eigenvalue weighted by atomic mass is 16.5. The van der Waals surface area contributed by atoms with Gasteiger partial charge in [-0.1, -0.05) is 24.3 Å². The Hall–Kier alpha value is -4.44. The number of para-hydroxylation sites is 1. The fraction of sp³-hybridized carbons (Fsp3) is 0.286. The van der Waals surface area contributed by atoms with Crippen LogP contribution in [0.2, 0.25) is 0 Å². The summed E-state index contributed by atoms with van der Waals surface area (Å²) in [6.07, 6.45) is 6.51. The molecule has 4 aromatic rings. The van der Waals surface area contributed by atoms with Gasteiger partial charge < -0.3 is 20.3 Å². The molecule has 1 aliphatic heterocycles. The molecule has 1 unspecified atom stereocenters. The monoisotopic (exact) mass is 513 g/mol. The summed E-state index contributed by atoms with van der Waals surface area (Å²) in [6, 6.07) is 16.6. The van der Waals surface area contributed by atoms with E-state index < -0.39 is 0 Å². The first-order chi connectivity index (χ1) is 18.4. The van der Waals surface area contributed by atoms with Gasteiger partial charge in [-0.2, -0.15) is 0 Å². The van der Waals surface area contributed by atoms with E-state index in [4.69, 9.17) is 10.5 Å². The van der Waals surface area contributed by atoms with Crippen LogP contribution in [0.25, 0.3) is 16.9 Å². The number of carbonyl (C=O) groups excluding carboxylic acids is 1. The highest BCUT2D eigenvalue weighted by Gasteiger charge is 2.30. The van der Waals surface area contributed by atoms with Crippen molar-refractivity contribution in [2.75, 3.05) is 32.9 Å². The Morgan fingerprint density at radius 3 is 2.58 bits per heavy atom. The molecule has 2 N–H and O–H groups in total. The second kappa shape index (κ2) is 10.9. The summed E-state index contributed by atoms with van der Waals surface area (Å²) in [4.78, 5) is 39.0. The average molecular weight is 514 g/mol. The largest absolute Gasteiger partial charge is 0.457 e. The van der Waals surface area contributed by atoms with Crippen LogP contribution in [0, 0.1) is 0 Å². The Kier molecular flexibility index (Phi) is 7.23. The number of carbonyl (C=O) groups is 1. The summed E-state index contributed by atoms with van der Waals surface area (Å²) in [7, 11) is 3.90. The van der Waals surface area contributed by atoms with E-state index in [0.717, 1.165) is 18.6 Å². The number of hydrogen-bond acceptors (Lipinski definition) is 7. The lowest BCUT2D eigenvalue weighted by Gasteiger charge is -2.23. The molecule has 1 aliphatic rings. The molecule has 1 saturated heterocycles. The van der Waals surface area contributed by atoms with Crippen LogP contribution in [0.4, 0.5) is 5.82 Å². The van der Waals surface area contributed by atoms with Gasteiger partial charge in [0.15, 0.2) is 11.5 Å². The van der Waals surface area contributed by atoms with Crippen LogP contribution in [0.3, 0.4) is 0 Å². The minimum Gasteiger partial charge on any atom is -0.457 e. The number of nitrogens with two attached hydrogens (primary N) is 1. The van der Waals surface area contributed by atoms with Crippen molar-refractivity contribution >= 4 is 22.9 Å². The van der Waals surface area contributed by atoms with Gasteiger partial charge in [0.25, 0.3) is 0 Å². The van der Waals surface area contributed by atoms with Gasteiger partial charge in [-0.25, -0.2) is 14.8 Å². The molecule has 196 valence electrons. The number of imidazole rings is 1. The molecule has 0 radical (unpaired) electrons. The third kappa shape index (κ3) is 5.16. The van der Waals surface area contributed by atoms with Gasteiger partial charge in [0.2, 0.25) is 5.91 Å². The number of benzene rings is 2. The Morgan fingerprint density at radius 1 is 1.11 bits per heavy atom. The Bertz CT molecular complexity index is 1510. The second-order valence-corrected chi connectivity index (χ2v) is 9.56. The van der Waals surface area contributed by atoms with E-state index in [2.05, 4.69) is 9.97 Å². The maximum Gasteiger partial charge on any atom is 0.335 e. The summed E-state index contributed by atoms with van der Waals surface area (Å²) in [6.45, 7) is 1.66. The van der Waals surface area contributed by atoms with Gasteiger partial charge >= 0.3 is 5.69 Å². The third-order valence-corrected chi connectivity index (χ3v) is 6.59. The molecule has 1 amide bonds. The van der Waals surface area contributed by atoms with Crippen molar-refractivity contribution in [3.63, 3.8) is 0 Å². The number of likely N-dealkylation sites (N-methyl/N-ethyl adjacent to an activating group) is 1.